The van der Waals surface area contributed by atoms with Crippen LogP contribution in [0.4, 0.5) is 0 Å². The van der Waals surface area contributed by atoms with E-state index in [1.807, 2.05) is 0 Å². The third-order valence-corrected chi connectivity index (χ3v) is 2.68. The van der Waals surface area contributed by atoms with Gasteiger partial charge in [-0.25, -0.2) is 10.0 Å². The Labute approximate surface area is 110 Å². The number of hydroxylamine groups is 2. The van der Waals surface area contributed by atoms with Crippen molar-refractivity contribution in [2.24, 2.45) is 0 Å². The van der Waals surface area contributed by atoms with Gasteiger partial charge in [-0.2, -0.15) is 0 Å². The molecule has 1 aromatic heterocycles. The summed E-state index contributed by atoms with van der Waals surface area (Å²) in [5.41, 5.74) is 0.945. The maximum absolute atomic E-state index is 12.0. The van der Waals surface area contributed by atoms with E-state index in [4.69, 9.17) is 14.0 Å². The molecule has 0 bridgehead atoms. The molecule has 0 fully saturated rings. The lowest BCUT2D eigenvalue weighted by Gasteiger charge is -2.12. The fourth-order valence-electron chi connectivity index (χ4n) is 1.58. The number of nitrogens with zero attached hydrogens (tertiary/aromatic N) is 2. The molecule has 19 heavy (non-hydrogen) atoms. The van der Waals surface area contributed by atoms with Crippen LogP contribution in [0.2, 0.25) is 0 Å². The van der Waals surface area contributed by atoms with E-state index >= 15 is 0 Å². The maximum atomic E-state index is 12.0. The van der Waals surface area contributed by atoms with Crippen LogP contribution < -0.4 is 4.74 Å². The fraction of sp³-hybridized carbons (Fsp3) is 0.231. The lowest BCUT2D eigenvalue weighted by molar-refractivity contribution is -0.0759. The van der Waals surface area contributed by atoms with E-state index in [0.29, 0.717) is 5.76 Å². The molecule has 0 aliphatic carbocycles. The molecule has 0 aliphatic heterocycles. The van der Waals surface area contributed by atoms with Crippen LogP contribution >= 0.6 is 0 Å². The Bertz CT molecular complexity index is 562. The van der Waals surface area contributed by atoms with Crippen LogP contribution in [0.1, 0.15) is 10.5 Å². The summed E-state index contributed by atoms with van der Waals surface area (Å²) in [5.74, 6) is 0.753. The highest BCUT2D eigenvalue weighted by Crippen LogP contribution is 2.25. The van der Waals surface area contributed by atoms with Crippen molar-refractivity contribution in [3.05, 3.63) is 36.4 Å². The molecule has 0 unspecified atom stereocenters. The van der Waals surface area contributed by atoms with Crippen molar-refractivity contribution < 1.29 is 18.8 Å². The number of ether oxygens (including phenoxy) is 1. The standard InChI is InChI=1S/C13H14N2O4/c1-15(18-3)13(16)11-12(19-8-14-11)9-4-6-10(17-2)7-5-9/h4-8H,1-3H3. The number of hydrogen-bond acceptors (Lipinski definition) is 5. The van der Waals surface area contributed by atoms with E-state index in [1.165, 1.54) is 20.6 Å². The Kier molecular flexibility index (Phi) is 3.82. The number of carbonyl (C=O) groups excluding carboxylic acids is 1. The predicted molar refractivity (Wildman–Crippen MR) is 67.6 cm³/mol. The van der Waals surface area contributed by atoms with Gasteiger partial charge < -0.3 is 9.15 Å². The molecule has 0 atom stereocenters. The van der Waals surface area contributed by atoms with Gasteiger partial charge in [0.05, 0.1) is 14.2 Å². The highest BCUT2D eigenvalue weighted by Gasteiger charge is 2.21. The third kappa shape index (κ3) is 2.58. The number of carbonyl (C=O) groups is 1. The van der Waals surface area contributed by atoms with E-state index in [0.717, 1.165) is 16.4 Å². The van der Waals surface area contributed by atoms with E-state index in [-0.39, 0.29) is 11.6 Å². The highest BCUT2D eigenvalue weighted by molar-refractivity contribution is 5.96. The average Bonchev–Trinajstić information content (AvgIpc) is 2.95. The zero-order chi connectivity index (χ0) is 13.8. The molecule has 6 nitrogen and oxygen atoms in total. The van der Waals surface area contributed by atoms with Crippen molar-refractivity contribution in [1.82, 2.24) is 10.0 Å². The van der Waals surface area contributed by atoms with Gasteiger partial charge in [0.25, 0.3) is 5.91 Å². The summed E-state index contributed by atoms with van der Waals surface area (Å²) in [6, 6.07) is 7.16. The first-order chi connectivity index (χ1) is 9.17. The quantitative estimate of drug-likeness (QED) is 0.788. The Hall–Kier alpha value is -2.34. The second-order valence-corrected chi connectivity index (χ2v) is 3.74. The van der Waals surface area contributed by atoms with Crippen LogP contribution in [0.5, 0.6) is 5.75 Å². The second-order valence-electron chi connectivity index (χ2n) is 3.74. The first-order valence-corrected chi connectivity index (χ1v) is 5.57. The van der Waals surface area contributed by atoms with E-state index in [9.17, 15) is 4.79 Å². The number of amides is 1. The van der Waals surface area contributed by atoms with Gasteiger partial charge in [0.15, 0.2) is 17.8 Å². The van der Waals surface area contributed by atoms with Crippen LogP contribution in [-0.2, 0) is 4.84 Å². The number of rotatable bonds is 4. The molecule has 6 heteroatoms. The minimum absolute atomic E-state index is 0.203. The molecule has 1 amide bonds. The van der Waals surface area contributed by atoms with Crippen molar-refractivity contribution in [3.8, 4) is 17.1 Å². The van der Waals surface area contributed by atoms with Crippen LogP contribution in [0.25, 0.3) is 11.3 Å². The number of hydrogen-bond donors (Lipinski definition) is 0. The van der Waals surface area contributed by atoms with Crippen molar-refractivity contribution in [2.45, 2.75) is 0 Å². The Morgan fingerprint density at radius 2 is 1.95 bits per heavy atom. The first kappa shape index (κ1) is 13.1. The SMILES string of the molecule is COc1ccc(-c2ocnc2C(=O)N(C)OC)cc1. The minimum Gasteiger partial charge on any atom is -0.497 e. The molecule has 1 heterocycles. The Balaban J connectivity index is 2.35. The summed E-state index contributed by atoms with van der Waals surface area (Å²) >= 11 is 0. The summed E-state index contributed by atoms with van der Waals surface area (Å²) < 4.78 is 10.4. The molecule has 0 aliphatic rings. The summed E-state index contributed by atoms with van der Waals surface area (Å²) in [7, 11) is 4.51. The molecule has 1 aromatic carbocycles. The fourth-order valence-corrected chi connectivity index (χ4v) is 1.58. The van der Waals surface area contributed by atoms with Crippen LogP contribution in [0, 0.1) is 0 Å². The number of oxazole rings is 1. The molecular weight excluding hydrogens is 248 g/mol. The van der Waals surface area contributed by atoms with Gasteiger partial charge in [-0.15, -0.1) is 0 Å². The molecule has 0 saturated heterocycles. The second kappa shape index (κ2) is 5.53. The molecule has 2 aromatic rings. The number of benzene rings is 1. The lowest BCUT2D eigenvalue weighted by atomic mass is 10.1. The molecule has 2 rings (SSSR count). The molecule has 100 valence electrons. The Morgan fingerprint density at radius 3 is 2.53 bits per heavy atom. The van der Waals surface area contributed by atoms with Gasteiger partial charge in [0.2, 0.25) is 0 Å². The zero-order valence-electron chi connectivity index (χ0n) is 10.9. The summed E-state index contributed by atoms with van der Waals surface area (Å²) in [5, 5.41) is 1.09. The van der Waals surface area contributed by atoms with Crippen molar-refractivity contribution in [1.29, 1.82) is 0 Å². The number of aromatic nitrogens is 1. The molecule has 0 saturated carbocycles. The summed E-state index contributed by atoms with van der Waals surface area (Å²) in [6.07, 6.45) is 1.23. The zero-order valence-corrected chi connectivity index (χ0v) is 10.9. The largest absolute Gasteiger partial charge is 0.497 e. The molecule has 0 N–H and O–H groups in total. The van der Waals surface area contributed by atoms with Gasteiger partial charge in [0.1, 0.15) is 5.75 Å². The Morgan fingerprint density at radius 1 is 1.26 bits per heavy atom. The first-order valence-electron chi connectivity index (χ1n) is 5.57. The van der Waals surface area contributed by atoms with Gasteiger partial charge in [-0.1, -0.05) is 0 Å². The molecule has 0 spiro atoms. The molecule has 0 radical (unpaired) electrons. The van der Waals surface area contributed by atoms with Gasteiger partial charge in [-0.05, 0) is 24.3 Å². The van der Waals surface area contributed by atoms with Gasteiger partial charge >= 0.3 is 0 Å². The van der Waals surface area contributed by atoms with Crippen molar-refractivity contribution in [2.75, 3.05) is 21.3 Å². The highest BCUT2D eigenvalue weighted by atomic mass is 16.7. The summed E-state index contributed by atoms with van der Waals surface area (Å²) in [6.45, 7) is 0. The van der Waals surface area contributed by atoms with Gasteiger partial charge in [-0.3, -0.25) is 9.63 Å². The number of methoxy groups -OCH3 is 1. The van der Waals surface area contributed by atoms with Crippen molar-refractivity contribution >= 4 is 5.91 Å². The topological polar surface area (TPSA) is 64.8 Å². The minimum atomic E-state index is -0.373. The maximum Gasteiger partial charge on any atom is 0.299 e. The van der Waals surface area contributed by atoms with Gasteiger partial charge in [0, 0.05) is 12.6 Å². The van der Waals surface area contributed by atoms with Crippen molar-refractivity contribution in [3.63, 3.8) is 0 Å². The van der Waals surface area contributed by atoms with E-state index in [1.54, 1.807) is 31.4 Å². The smallest absolute Gasteiger partial charge is 0.299 e. The van der Waals surface area contributed by atoms with Crippen LogP contribution in [-0.4, -0.2) is 37.2 Å². The molecular formula is C13H14N2O4. The monoisotopic (exact) mass is 262 g/mol. The van der Waals surface area contributed by atoms with Crippen LogP contribution in [0.15, 0.2) is 35.1 Å². The normalized spacial score (nSPS) is 10.3. The third-order valence-electron chi connectivity index (χ3n) is 2.68. The predicted octanol–water partition coefficient (Wildman–Crippen LogP) is 1.98. The van der Waals surface area contributed by atoms with Crippen LogP contribution in [0.3, 0.4) is 0 Å². The van der Waals surface area contributed by atoms with E-state index in [2.05, 4.69) is 4.98 Å². The average molecular weight is 262 g/mol. The lowest BCUT2D eigenvalue weighted by Crippen LogP contribution is -2.26. The van der Waals surface area contributed by atoms with E-state index < -0.39 is 0 Å². The summed E-state index contributed by atoms with van der Waals surface area (Å²) in [4.78, 5) is 20.8.